The van der Waals surface area contributed by atoms with Crippen molar-refractivity contribution in [3.8, 4) is 0 Å². The third-order valence-electron chi connectivity index (χ3n) is 2.28. The standard InChI is InChI=1S/C11H24ClNS/c1-5-14-9-8-13-10(6-7-12)11(2,3)4/h10,13H,5-9H2,1-4H3. The molecule has 0 saturated heterocycles. The molecule has 1 nitrogen and oxygen atoms in total. The molecule has 14 heavy (non-hydrogen) atoms. The fourth-order valence-corrected chi connectivity index (χ4v) is 2.17. The Labute approximate surface area is 98.4 Å². The molecule has 0 aliphatic heterocycles. The van der Waals surface area contributed by atoms with Crippen molar-refractivity contribution < 1.29 is 0 Å². The second-order valence-corrected chi connectivity index (χ2v) is 6.32. The van der Waals surface area contributed by atoms with Crippen molar-refractivity contribution in [3.63, 3.8) is 0 Å². The summed E-state index contributed by atoms with van der Waals surface area (Å²) in [5.74, 6) is 3.15. The first-order valence-electron chi connectivity index (χ1n) is 5.39. The van der Waals surface area contributed by atoms with Crippen molar-refractivity contribution in [1.29, 1.82) is 0 Å². The van der Waals surface area contributed by atoms with Gasteiger partial charge < -0.3 is 5.32 Å². The number of hydrogen-bond acceptors (Lipinski definition) is 2. The quantitative estimate of drug-likeness (QED) is 0.538. The van der Waals surface area contributed by atoms with Crippen LogP contribution < -0.4 is 5.32 Å². The molecule has 0 fully saturated rings. The van der Waals surface area contributed by atoms with Crippen LogP contribution in [0.3, 0.4) is 0 Å². The van der Waals surface area contributed by atoms with Crippen LogP contribution in [-0.4, -0.2) is 30.0 Å². The third-order valence-corrected chi connectivity index (χ3v) is 3.40. The van der Waals surface area contributed by atoms with Gasteiger partial charge in [0, 0.05) is 24.2 Å². The lowest BCUT2D eigenvalue weighted by atomic mass is 9.85. The molecular formula is C11H24ClNS. The van der Waals surface area contributed by atoms with E-state index in [9.17, 15) is 0 Å². The second kappa shape index (κ2) is 7.84. The molecule has 1 unspecified atom stereocenters. The second-order valence-electron chi connectivity index (χ2n) is 4.55. The number of nitrogens with one attached hydrogen (secondary N) is 1. The van der Waals surface area contributed by atoms with Crippen molar-refractivity contribution in [2.75, 3.05) is 23.9 Å². The van der Waals surface area contributed by atoms with E-state index in [0.717, 1.165) is 18.8 Å². The zero-order valence-electron chi connectivity index (χ0n) is 9.90. The van der Waals surface area contributed by atoms with Gasteiger partial charge in [0.25, 0.3) is 0 Å². The Kier molecular flexibility index (Phi) is 8.17. The van der Waals surface area contributed by atoms with Crippen molar-refractivity contribution in [3.05, 3.63) is 0 Å². The Hall–Kier alpha value is 0.600. The summed E-state index contributed by atoms with van der Waals surface area (Å²) in [5, 5.41) is 3.59. The van der Waals surface area contributed by atoms with Gasteiger partial charge in [0.2, 0.25) is 0 Å². The van der Waals surface area contributed by atoms with E-state index in [1.165, 1.54) is 11.5 Å². The molecule has 0 aliphatic carbocycles. The van der Waals surface area contributed by atoms with E-state index in [0.29, 0.717) is 11.5 Å². The zero-order chi connectivity index (χ0) is 11.0. The number of hydrogen-bond donors (Lipinski definition) is 1. The maximum absolute atomic E-state index is 5.80. The van der Waals surface area contributed by atoms with Crippen molar-refractivity contribution in [2.45, 2.75) is 40.2 Å². The summed E-state index contributed by atoms with van der Waals surface area (Å²) in [6.45, 7) is 10.1. The molecule has 0 rings (SSSR count). The van der Waals surface area contributed by atoms with Crippen LogP contribution in [0.4, 0.5) is 0 Å². The van der Waals surface area contributed by atoms with Gasteiger partial charge in [0.05, 0.1) is 0 Å². The highest BCUT2D eigenvalue weighted by molar-refractivity contribution is 7.99. The third kappa shape index (κ3) is 6.97. The van der Waals surface area contributed by atoms with E-state index in [1.807, 2.05) is 11.8 Å². The molecule has 0 amide bonds. The van der Waals surface area contributed by atoms with Crippen LogP contribution in [0.25, 0.3) is 0 Å². The molecule has 0 aromatic heterocycles. The highest BCUT2D eigenvalue weighted by Crippen LogP contribution is 2.22. The van der Waals surface area contributed by atoms with Crippen molar-refractivity contribution in [1.82, 2.24) is 5.32 Å². The van der Waals surface area contributed by atoms with Crippen LogP contribution in [0.5, 0.6) is 0 Å². The summed E-state index contributed by atoms with van der Waals surface area (Å²) in [6.07, 6.45) is 1.06. The van der Waals surface area contributed by atoms with E-state index < -0.39 is 0 Å². The molecule has 0 bridgehead atoms. The van der Waals surface area contributed by atoms with Gasteiger partial charge in [0.1, 0.15) is 0 Å². The fourth-order valence-electron chi connectivity index (χ4n) is 1.40. The van der Waals surface area contributed by atoms with Crippen LogP contribution in [0.15, 0.2) is 0 Å². The minimum absolute atomic E-state index is 0.311. The molecule has 1 atom stereocenters. The molecule has 86 valence electrons. The van der Waals surface area contributed by atoms with E-state index in [2.05, 4.69) is 33.0 Å². The smallest absolute Gasteiger partial charge is 0.0238 e. The normalized spacial score (nSPS) is 14.4. The van der Waals surface area contributed by atoms with E-state index in [1.54, 1.807) is 0 Å². The first-order chi connectivity index (χ1) is 6.52. The van der Waals surface area contributed by atoms with Crippen molar-refractivity contribution >= 4 is 23.4 Å². The topological polar surface area (TPSA) is 12.0 Å². The predicted molar refractivity (Wildman–Crippen MR) is 69.6 cm³/mol. The lowest BCUT2D eigenvalue weighted by molar-refractivity contribution is 0.266. The van der Waals surface area contributed by atoms with Crippen LogP contribution in [-0.2, 0) is 0 Å². The summed E-state index contributed by atoms with van der Waals surface area (Å²) in [4.78, 5) is 0. The summed E-state index contributed by atoms with van der Waals surface area (Å²) in [7, 11) is 0. The summed E-state index contributed by atoms with van der Waals surface area (Å²) in [6, 6.07) is 0.539. The summed E-state index contributed by atoms with van der Waals surface area (Å²) in [5.41, 5.74) is 0.311. The van der Waals surface area contributed by atoms with Gasteiger partial charge in [-0.3, -0.25) is 0 Å². The first kappa shape index (κ1) is 14.6. The Morgan fingerprint density at radius 1 is 1.36 bits per heavy atom. The van der Waals surface area contributed by atoms with Crippen LogP contribution >= 0.6 is 23.4 Å². The molecule has 1 N–H and O–H groups in total. The van der Waals surface area contributed by atoms with E-state index in [-0.39, 0.29) is 0 Å². The molecule has 3 heteroatoms. The van der Waals surface area contributed by atoms with Gasteiger partial charge in [-0.05, 0) is 17.6 Å². The van der Waals surface area contributed by atoms with Crippen LogP contribution in [0, 0.1) is 5.41 Å². The number of halogens is 1. The Morgan fingerprint density at radius 3 is 2.43 bits per heavy atom. The minimum Gasteiger partial charge on any atom is -0.313 e. The zero-order valence-corrected chi connectivity index (χ0v) is 11.5. The lowest BCUT2D eigenvalue weighted by Crippen LogP contribution is -2.41. The SMILES string of the molecule is CCSCCNC(CCCl)C(C)(C)C. The van der Waals surface area contributed by atoms with Gasteiger partial charge in [0.15, 0.2) is 0 Å². The van der Waals surface area contributed by atoms with E-state index >= 15 is 0 Å². The maximum Gasteiger partial charge on any atom is 0.0238 e. The molecule has 0 aromatic rings. The Balaban J connectivity index is 3.74. The van der Waals surface area contributed by atoms with Crippen LogP contribution in [0.1, 0.15) is 34.1 Å². The molecule has 0 spiro atoms. The van der Waals surface area contributed by atoms with Gasteiger partial charge in [-0.15, -0.1) is 11.6 Å². The van der Waals surface area contributed by atoms with Gasteiger partial charge in [-0.25, -0.2) is 0 Å². The summed E-state index contributed by atoms with van der Waals surface area (Å²) >= 11 is 7.78. The average molecular weight is 238 g/mol. The molecule has 0 saturated carbocycles. The molecule has 0 aromatic carbocycles. The average Bonchev–Trinajstić information content (AvgIpc) is 2.08. The fraction of sp³-hybridized carbons (Fsp3) is 1.00. The number of thioether (sulfide) groups is 1. The van der Waals surface area contributed by atoms with Crippen molar-refractivity contribution in [2.24, 2.45) is 5.41 Å². The highest BCUT2D eigenvalue weighted by atomic mass is 35.5. The summed E-state index contributed by atoms with van der Waals surface area (Å²) < 4.78 is 0. The van der Waals surface area contributed by atoms with Gasteiger partial charge in [-0.2, -0.15) is 11.8 Å². The lowest BCUT2D eigenvalue weighted by Gasteiger charge is -2.31. The van der Waals surface area contributed by atoms with E-state index in [4.69, 9.17) is 11.6 Å². The molecule has 0 radical (unpaired) electrons. The molecule has 0 aliphatic rings. The minimum atomic E-state index is 0.311. The molecular weight excluding hydrogens is 214 g/mol. The largest absolute Gasteiger partial charge is 0.313 e. The highest BCUT2D eigenvalue weighted by Gasteiger charge is 2.22. The Morgan fingerprint density at radius 2 is 2.00 bits per heavy atom. The van der Waals surface area contributed by atoms with Crippen LogP contribution in [0.2, 0.25) is 0 Å². The number of alkyl halides is 1. The Bertz CT molecular complexity index is 134. The monoisotopic (exact) mass is 237 g/mol. The van der Waals surface area contributed by atoms with Gasteiger partial charge >= 0.3 is 0 Å². The number of rotatable bonds is 7. The maximum atomic E-state index is 5.80. The molecule has 0 heterocycles. The van der Waals surface area contributed by atoms with Gasteiger partial charge in [-0.1, -0.05) is 27.7 Å². The first-order valence-corrected chi connectivity index (χ1v) is 7.08. The predicted octanol–water partition coefficient (Wildman–Crippen LogP) is 3.37.